The highest BCUT2D eigenvalue weighted by molar-refractivity contribution is 6.74. The zero-order valence-electron chi connectivity index (χ0n) is 30.7. The molecular formula is C36H62O7Si2. The predicted octanol–water partition coefficient (Wildman–Crippen LogP) is 9.23. The molecule has 256 valence electrons. The van der Waals surface area contributed by atoms with Gasteiger partial charge in [-0.3, -0.25) is 4.79 Å². The average molecular weight is 663 g/mol. The zero-order chi connectivity index (χ0) is 34.4. The molecule has 45 heavy (non-hydrogen) atoms. The first-order valence-electron chi connectivity index (χ1n) is 16.7. The molecule has 1 aromatic heterocycles. The van der Waals surface area contributed by atoms with E-state index in [9.17, 15) is 9.59 Å². The van der Waals surface area contributed by atoms with Crippen molar-refractivity contribution in [2.24, 2.45) is 11.8 Å². The van der Waals surface area contributed by atoms with Crippen LogP contribution in [0, 0.1) is 11.8 Å². The standard InChI is InChI=1S/C36H62O7Si2/c1-15-25(2)34(43-45(13,14)36(8,9)10)26(3)19-20-31(42-44(11,12)35(5,6)7)27(4)30(37)23-28-22-29(24-32(38)40-28)41-33-18-16-17-21-39-33/h15,19-20,22,24,26-27,31,33-34H,16-18,21,23H2,1-14H3/b20-19+,25-15+/t26-,27-,31+,33?,34+/m0/s1. The van der Waals surface area contributed by atoms with Crippen molar-refractivity contribution >= 4 is 22.4 Å². The Labute approximate surface area is 275 Å². The number of Topliss-reactive ketones (excluding diaryl/α,β-unsaturated/α-hetero) is 1. The van der Waals surface area contributed by atoms with Gasteiger partial charge in [0.25, 0.3) is 0 Å². The summed E-state index contributed by atoms with van der Waals surface area (Å²) < 4.78 is 30.8. The van der Waals surface area contributed by atoms with Crippen LogP contribution in [0.25, 0.3) is 0 Å². The largest absolute Gasteiger partial charge is 0.465 e. The van der Waals surface area contributed by atoms with Gasteiger partial charge in [-0.2, -0.15) is 0 Å². The van der Waals surface area contributed by atoms with E-state index in [1.165, 1.54) is 11.6 Å². The van der Waals surface area contributed by atoms with E-state index in [1.54, 1.807) is 6.07 Å². The van der Waals surface area contributed by atoms with E-state index in [0.29, 0.717) is 12.4 Å². The molecule has 9 heteroatoms. The van der Waals surface area contributed by atoms with Gasteiger partial charge in [0.2, 0.25) is 0 Å². The SMILES string of the molecule is C/C=C(\C)[C@@H](O[Si](C)(C)C(C)(C)C)[C@@H](C)/C=C/[C@@H](O[Si](C)(C)C(C)(C)C)[C@@H](C)C(=O)Cc1cc(OC2CCCCO2)cc(=O)o1. The van der Waals surface area contributed by atoms with E-state index in [2.05, 4.69) is 107 Å². The van der Waals surface area contributed by atoms with E-state index in [0.717, 1.165) is 19.3 Å². The van der Waals surface area contributed by atoms with Gasteiger partial charge in [-0.05, 0) is 68.5 Å². The molecule has 0 radical (unpaired) electrons. The summed E-state index contributed by atoms with van der Waals surface area (Å²) >= 11 is 0. The highest BCUT2D eigenvalue weighted by Gasteiger charge is 2.42. The molecule has 0 N–H and O–H groups in total. The van der Waals surface area contributed by atoms with Gasteiger partial charge < -0.3 is 22.7 Å². The van der Waals surface area contributed by atoms with Crippen LogP contribution < -0.4 is 10.4 Å². The lowest BCUT2D eigenvalue weighted by atomic mass is 9.93. The Kier molecular flexibility index (Phi) is 13.9. The number of carbonyl (C=O) groups is 1. The van der Waals surface area contributed by atoms with E-state index in [1.807, 2.05) is 6.92 Å². The fraction of sp³-hybridized carbons (Fsp3) is 0.722. The van der Waals surface area contributed by atoms with Crippen LogP contribution in [-0.2, 0) is 24.8 Å². The molecule has 0 spiro atoms. The highest BCUT2D eigenvalue weighted by atomic mass is 28.4. The fourth-order valence-corrected chi connectivity index (χ4v) is 7.32. The molecule has 1 aliphatic heterocycles. The van der Waals surface area contributed by atoms with Crippen LogP contribution in [0.4, 0.5) is 0 Å². The van der Waals surface area contributed by atoms with Crippen molar-refractivity contribution in [1.82, 2.24) is 0 Å². The van der Waals surface area contributed by atoms with E-state index in [4.69, 9.17) is 22.7 Å². The molecule has 0 amide bonds. The second kappa shape index (κ2) is 15.9. The van der Waals surface area contributed by atoms with E-state index >= 15 is 0 Å². The Hall–Kier alpha value is -1.79. The summed E-state index contributed by atoms with van der Waals surface area (Å²) in [4.78, 5) is 26.2. The predicted molar refractivity (Wildman–Crippen MR) is 189 cm³/mol. The molecule has 2 heterocycles. The van der Waals surface area contributed by atoms with Crippen LogP contribution >= 0.6 is 0 Å². The van der Waals surface area contributed by atoms with Gasteiger partial charge in [0.15, 0.2) is 22.9 Å². The average Bonchev–Trinajstić information content (AvgIpc) is 2.91. The minimum atomic E-state index is -2.25. The molecule has 1 fully saturated rings. The van der Waals surface area contributed by atoms with Crippen molar-refractivity contribution in [1.29, 1.82) is 0 Å². The lowest BCUT2D eigenvalue weighted by molar-refractivity contribution is -0.124. The number of allylic oxidation sites excluding steroid dienone is 1. The van der Waals surface area contributed by atoms with Crippen LogP contribution in [0.1, 0.15) is 94.3 Å². The van der Waals surface area contributed by atoms with Crippen molar-refractivity contribution in [3.05, 3.63) is 52.1 Å². The molecule has 1 unspecified atom stereocenters. The number of ether oxygens (including phenoxy) is 2. The van der Waals surface area contributed by atoms with Crippen molar-refractivity contribution < 1.29 is 27.5 Å². The van der Waals surface area contributed by atoms with Gasteiger partial charge in [-0.15, -0.1) is 0 Å². The smallest absolute Gasteiger partial charge is 0.339 e. The third kappa shape index (κ3) is 11.5. The highest BCUT2D eigenvalue weighted by Crippen LogP contribution is 2.40. The van der Waals surface area contributed by atoms with Crippen LogP contribution in [0.3, 0.4) is 0 Å². The maximum Gasteiger partial charge on any atom is 0.339 e. The Bertz CT molecular complexity index is 1230. The summed E-state index contributed by atoms with van der Waals surface area (Å²) in [6.07, 6.45) is 8.18. The van der Waals surface area contributed by atoms with Crippen LogP contribution in [0.5, 0.6) is 5.75 Å². The molecule has 1 aliphatic rings. The Morgan fingerprint density at radius 2 is 1.58 bits per heavy atom. The number of hydrogen-bond acceptors (Lipinski definition) is 7. The summed E-state index contributed by atoms with van der Waals surface area (Å²) in [7, 11) is -4.29. The van der Waals surface area contributed by atoms with Crippen molar-refractivity contribution in [3.8, 4) is 5.75 Å². The van der Waals surface area contributed by atoms with Gasteiger partial charge in [0, 0.05) is 24.3 Å². The second-order valence-electron chi connectivity index (χ2n) is 15.8. The molecule has 1 saturated heterocycles. The molecule has 1 aromatic rings. The van der Waals surface area contributed by atoms with Gasteiger partial charge in [0.05, 0.1) is 31.3 Å². The fourth-order valence-electron chi connectivity index (χ4n) is 4.62. The van der Waals surface area contributed by atoms with Crippen LogP contribution in [0.2, 0.25) is 36.3 Å². The zero-order valence-corrected chi connectivity index (χ0v) is 32.7. The molecule has 0 aliphatic carbocycles. The van der Waals surface area contributed by atoms with Crippen molar-refractivity contribution in [2.75, 3.05) is 6.61 Å². The molecule has 7 nitrogen and oxygen atoms in total. The summed E-state index contributed by atoms with van der Waals surface area (Å²) in [5, 5.41) is 0.0427. The first kappa shape index (κ1) is 39.4. The maximum absolute atomic E-state index is 13.8. The number of carbonyl (C=O) groups excluding carboxylic acids is 1. The number of rotatable bonds is 14. The van der Waals surface area contributed by atoms with Crippen LogP contribution in [-0.4, -0.2) is 47.5 Å². The Morgan fingerprint density at radius 1 is 0.978 bits per heavy atom. The van der Waals surface area contributed by atoms with Crippen molar-refractivity contribution in [2.45, 2.75) is 150 Å². The van der Waals surface area contributed by atoms with Gasteiger partial charge >= 0.3 is 5.63 Å². The molecule has 5 atom stereocenters. The molecule has 0 aromatic carbocycles. The van der Waals surface area contributed by atoms with E-state index in [-0.39, 0.29) is 40.1 Å². The summed E-state index contributed by atoms with van der Waals surface area (Å²) in [6, 6.07) is 2.94. The van der Waals surface area contributed by atoms with Crippen LogP contribution in [0.15, 0.2) is 45.1 Å². The number of ketones is 1. The maximum atomic E-state index is 13.8. The Morgan fingerprint density at radius 3 is 2.11 bits per heavy atom. The third-order valence-corrected chi connectivity index (χ3v) is 18.9. The van der Waals surface area contributed by atoms with Gasteiger partial charge in [0.1, 0.15) is 17.3 Å². The summed E-state index contributed by atoms with van der Waals surface area (Å²) in [6.45, 7) is 31.2. The second-order valence-corrected chi connectivity index (χ2v) is 25.4. The first-order valence-corrected chi connectivity index (χ1v) is 22.5. The lowest BCUT2D eigenvalue weighted by Gasteiger charge is -2.41. The van der Waals surface area contributed by atoms with Gasteiger partial charge in [-0.1, -0.05) is 73.6 Å². The monoisotopic (exact) mass is 662 g/mol. The summed E-state index contributed by atoms with van der Waals surface area (Å²) in [5.74, 6) is 0.172. The van der Waals surface area contributed by atoms with Gasteiger partial charge in [-0.25, -0.2) is 4.79 Å². The Balaban J connectivity index is 2.36. The molecule has 2 rings (SSSR count). The topological polar surface area (TPSA) is 84.2 Å². The lowest BCUT2D eigenvalue weighted by Crippen LogP contribution is -2.46. The first-order chi connectivity index (χ1) is 20.6. The minimum Gasteiger partial charge on any atom is -0.465 e. The van der Waals surface area contributed by atoms with Crippen molar-refractivity contribution in [3.63, 3.8) is 0 Å². The molecule has 0 bridgehead atoms. The quantitative estimate of drug-likeness (QED) is 0.145. The minimum absolute atomic E-state index is 0.0331. The normalized spacial score (nSPS) is 20.1. The number of hydrogen-bond donors (Lipinski definition) is 0. The summed E-state index contributed by atoms with van der Waals surface area (Å²) in [5.41, 5.74) is 0.646. The molecule has 0 saturated carbocycles. The third-order valence-electron chi connectivity index (χ3n) is 10.0. The van der Waals surface area contributed by atoms with E-state index < -0.39 is 40.6 Å². The molecular weight excluding hydrogens is 601 g/mol.